The van der Waals surface area contributed by atoms with Gasteiger partial charge in [0.2, 0.25) is 0 Å². The summed E-state index contributed by atoms with van der Waals surface area (Å²) in [6, 6.07) is 7.99. The number of benzene rings is 1. The van der Waals surface area contributed by atoms with E-state index < -0.39 is 0 Å². The Bertz CT molecular complexity index is 554. The van der Waals surface area contributed by atoms with E-state index in [0.29, 0.717) is 0 Å². The summed E-state index contributed by atoms with van der Waals surface area (Å²) in [5.74, 6) is 0. The first-order valence-corrected chi connectivity index (χ1v) is 8.54. The minimum atomic E-state index is 0.101. The molecule has 0 saturated carbocycles. The highest BCUT2D eigenvalue weighted by molar-refractivity contribution is 14.1. The van der Waals surface area contributed by atoms with Gasteiger partial charge in [-0.3, -0.25) is 0 Å². The molecule has 0 spiro atoms. The summed E-state index contributed by atoms with van der Waals surface area (Å²) in [7, 11) is 1.93. The van der Waals surface area contributed by atoms with E-state index in [1.807, 2.05) is 31.3 Å². The molecule has 1 heterocycles. The van der Waals surface area contributed by atoms with Crippen LogP contribution in [0.4, 0.5) is 0 Å². The molecule has 6 heteroatoms. The third kappa shape index (κ3) is 3.22. The van der Waals surface area contributed by atoms with E-state index in [4.69, 9.17) is 23.2 Å². The van der Waals surface area contributed by atoms with Crippen LogP contribution >= 0.6 is 73.1 Å². The van der Waals surface area contributed by atoms with Crippen LogP contribution in [0.2, 0.25) is 10.0 Å². The normalized spacial score (nSPS) is 12.7. The molecule has 2 rings (SSSR count). The highest BCUT2D eigenvalue weighted by Gasteiger charge is 2.18. The third-order valence-electron chi connectivity index (χ3n) is 2.51. The SMILES string of the molecule is CNC(c1cc(Cl)c(Br)s1)c1cc(Cl)ccc1I. The van der Waals surface area contributed by atoms with Crippen LogP contribution in [0.25, 0.3) is 0 Å². The van der Waals surface area contributed by atoms with Crippen molar-refractivity contribution in [3.63, 3.8) is 0 Å². The van der Waals surface area contributed by atoms with Crippen molar-refractivity contribution in [2.75, 3.05) is 7.05 Å². The molecular weight excluding hydrogens is 468 g/mol. The van der Waals surface area contributed by atoms with E-state index in [1.165, 1.54) is 3.57 Å². The molecule has 1 nitrogen and oxygen atoms in total. The zero-order valence-corrected chi connectivity index (χ0v) is 15.4. The summed E-state index contributed by atoms with van der Waals surface area (Å²) < 4.78 is 2.13. The van der Waals surface area contributed by atoms with Crippen LogP contribution in [0.1, 0.15) is 16.5 Å². The van der Waals surface area contributed by atoms with E-state index in [9.17, 15) is 0 Å². The number of rotatable bonds is 3. The predicted molar refractivity (Wildman–Crippen MR) is 92.1 cm³/mol. The molecule has 1 N–H and O–H groups in total. The minimum Gasteiger partial charge on any atom is -0.309 e. The fourth-order valence-corrected chi connectivity index (χ4v) is 4.40. The first-order chi connectivity index (χ1) is 8.52. The lowest BCUT2D eigenvalue weighted by Gasteiger charge is -2.17. The zero-order chi connectivity index (χ0) is 13.3. The van der Waals surface area contributed by atoms with Crippen LogP contribution in [0.3, 0.4) is 0 Å². The van der Waals surface area contributed by atoms with Crippen molar-refractivity contribution in [3.05, 3.63) is 52.1 Å². The molecule has 0 aliphatic carbocycles. The average Bonchev–Trinajstić information content (AvgIpc) is 2.65. The van der Waals surface area contributed by atoms with Crippen molar-refractivity contribution < 1.29 is 0 Å². The summed E-state index contributed by atoms with van der Waals surface area (Å²) in [4.78, 5) is 1.16. The van der Waals surface area contributed by atoms with E-state index in [-0.39, 0.29) is 6.04 Å². The molecule has 2 aromatic rings. The predicted octanol–water partition coefficient (Wildman–Crippen LogP) is 5.73. The lowest BCUT2D eigenvalue weighted by atomic mass is 10.1. The molecule has 18 heavy (non-hydrogen) atoms. The van der Waals surface area contributed by atoms with Gasteiger partial charge >= 0.3 is 0 Å². The van der Waals surface area contributed by atoms with Crippen LogP contribution in [0.5, 0.6) is 0 Å². The highest BCUT2D eigenvalue weighted by Crippen LogP contribution is 2.38. The van der Waals surface area contributed by atoms with Gasteiger partial charge in [-0.15, -0.1) is 11.3 Å². The summed E-state index contributed by atoms with van der Waals surface area (Å²) in [5.41, 5.74) is 1.16. The Hall–Kier alpha value is 0.670. The number of nitrogens with one attached hydrogen (secondary N) is 1. The van der Waals surface area contributed by atoms with Gasteiger partial charge in [0.1, 0.15) is 0 Å². The molecule has 0 saturated heterocycles. The highest BCUT2D eigenvalue weighted by atomic mass is 127. The van der Waals surface area contributed by atoms with E-state index >= 15 is 0 Å². The topological polar surface area (TPSA) is 12.0 Å². The summed E-state index contributed by atoms with van der Waals surface area (Å²) in [6.07, 6.45) is 0. The molecule has 1 atom stereocenters. The Kier molecular flexibility index (Phi) is 5.37. The van der Waals surface area contributed by atoms with Gasteiger partial charge in [0.05, 0.1) is 14.9 Å². The fraction of sp³-hybridized carbons (Fsp3) is 0.167. The maximum atomic E-state index is 6.10. The average molecular weight is 477 g/mol. The van der Waals surface area contributed by atoms with E-state index in [0.717, 1.165) is 24.3 Å². The first kappa shape index (κ1) is 15.1. The second kappa shape index (κ2) is 6.41. The Balaban J connectivity index is 2.48. The monoisotopic (exact) mass is 475 g/mol. The lowest BCUT2D eigenvalue weighted by Crippen LogP contribution is -2.17. The quantitative estimate of drug-likeness (QED) is 0.558. The van der Waals surface area contributed by atoms with Gasteiger partial charge in [0.15, 0.2) is 0 Å². The van der Waals surface area contributed by atoms with Gasteiger partial charge in [0, 0.05) is 13.5 Å². The molecule has 0 bridgehead atoms. The zero-order valence-electron chi connectivity index (χ0n) is 9.31. The van der Waals surface area contributed by atoms with Crippen LogP contribution in [-0.4, -0.2) is 7.05 Å². The fourth-order valence-electron chi connectivity index (χ4n) is 1.69. The Morgan fingerprint density at radius 1 is 1.33 bits per heavy atom. The molecule has 0 fully saturated rings. The van der Waals surface area contributed by atoms with Gasteiger partial charge in [-0.1, -0.05) is 23.2 Å². The van der Waals surface area contributed by atoms with Crippen molar-refractivity contribution in [2.45, 2.75) is 6.04 Å². The molecule has 0 amide bonds. The van der Waals surface area contributed by atoms with Crippen LogP contribution in [0, 0.1) is 3.57 Å². The van der Waals surface area contributed by atoms with E-state index in [1.54, 1.807) is 11.3 Å². The molecule has 0 aliphatic heterocycles. The van der Waals surface area contributed by atoms with Crippen molar-refractivity contribution in [3.8, 4) is 0 Å². The van der Waals surface area contributed by atoms with Crippen molar-refractivity contribution in [1.29, 1.82) is 0 Å². The largest absolute Gasteiger partial charge is 0.309 e. The minimum absolute atomic E-state index is 0.101. The third-order valence-corrected chi connectivity index (χ3v) is 6.26. The van der Waals surface area contributed by atoms with Crippen LogP contribution in [-0.2, 0) is 0 Å². The maximum Gasteiger partial charge on any atom is 0.0888 e. The van der Waals surface area contributed by atoms with Crippen molar-refractivity contribution in [1.82, 2.24) is 5.32 Å². The van der Waals surface area contributed by atoms with Gasteiger partial charge < -0.3 is 5.32 Å². The van der Waals surface area contributed by atoms with Gasteiger partial charge in [-0.2, -0.15) is 0 Å². The summed E-state index contributed by atoms with van der Waals surface area (Å²) >= 11 is 19.6. The Labute approximate surface area is 142 Å². The van der Waals surface area contributed by atoms with Crippen LogP contribution < -0.4 is 5.32 Å². The van der Waals surface area contributed by atoms with Crippen molar-refractivity contribution in [2.24, 2.45) is 0 Å². The molecule has 1 unspecified atom stereocenters. The Morgan fingerprint density at radius 2 is 2.06 bits per heavy atom. The maximum absolute atomic E-state index is 6.10. The molecule has 0 radical (unpaired) electrons. The number of hydrogen-bond acceptors (Lipinski definition) is 2. The first-order valence-electron chi connectivity index (χ1n) is 5.10. The van der Waals surface area contributed by atoms with Crippen LogP contribution in [0.15, 0.2) is 28.1 Å². The molecular formula is C12H9BrCl2INS. The second-order valence-electron chi connectivity index (χ2n) is 3.66. The molecule has 1 aromatic carbocycles. The summed E-state index contributed by atoms with van der Waals surface area (Å²) in [5, 5.41) is 4.80. The second-order valence-corrected chi connectivity index (χ2v) is 8.07. The number of thiophene rings is 1. The number of halogens is 4. The van der Waals surface area contributed by atoms with Gasteiger partial charge in [-0.05, 0) is 75.4 Å². The molecule has 1 aromatic heterocycles. The van der Waals surface area contributed by atoms with Gasteiger partial charge in [-0.25, -0.2) is 0 Å². The van der Waals surface area contributed by atoms with E-state index in [2.05, 4.69) is 43.8 Å². The molecule has 96 valence electrons. The number of hydrogen-bond donors (Lipinski definition) is 1. The Morgan fingerprint density at radius 3 is 2.61 bits per heavy atom. The van der Waals surface area contributed by atoms with Crippen molar-refractivity contribution >= 4 is 73.1 Å². The lowest BCUT2D eigenvalue weighted by molar-refractivity contribution is 0.700. The van der Waals surface area contributed by atoms with Gasteiger partial charge in [0.25, 0.3) is 0 Å². The summed E-state index contributed by atoms with van der Waals surface area (Å²) in [6.45, 7) is 0. The standard InChI is InChI=1S/C12H9BrCl2INS/c1-17-11(10-5-8(15)12(13)18-10)7-4-6(14)2-3-9(7)16/h2-5,11,17H,1H3. The molecule has 0 aliphatic rings. The smallest absolute Gasteiger partial charge is 0.0888 e.